The Bertz CT molecular complexity index is 1200. The monoisotopic (exact) mass is 402 g/mol. The second-order valence-corrected chi connectivity index (χ2v) is 6.92. The van der Waals surface area contributed by atoms with Gasteiger partial charge in [0, 0.05) is 23.5 Å². The molecule has 0 aliphatic rings. The normalized spacial score (nSPS) is 11.1. The molecule has 0 fully saturated rings. The van der Waals surface area contributed by atoms with Crippen LogP contribution in [0.5, 0.6) is 0 Å². The third-order valence-corrected chi connectivity index (χ3v) is 4.87. The highest BCUT2D eigenvalue weighted by molar-refractivity contribution is 7.80. The number of thiocarbonyl (C=S) groups is 1. The highest BCUT2D eigenvalue weighted by atomic mass is 32.1. The number of rotatable bonds is 4. The molecule has 2 N–H and O–H groups in total. The van der Waals surface area contributed by atoms with Gasteiger partial charge in [0.05, 0.1) is 17.6 Å². The maximum Gasteiger partial charge on any atom is 0.191 e. The molecule has 1 heterocycles. The summed E-state index contributed by atoms with van der Waals surface area (Å²) in [5.41, 5.74) is 7.32. The number of aryl methyl sites for hydroxylation is 1. The van der Waals surface area contributed by atoms with Crippen molar-refractivity contribution in [1.82, 2.24) is 9.99 Å². The molecule has 0 amide bonds. The van der Waals surface area contributed by atoms with Gasteiger partial charge in [-0.2, -0.15) is 5.10 Å². The van der Waals surface area contributed by atoms with E-state index < -0.39 is 0 Å². The summed E-state index contributed by atoms with van der Waals surface area (Å²) in [6.45, 7) is 0. The SMILES string of the molecule is Cn1c(-c2ccccc2)c(/C=N\NC(=S)Nc2ccccc2F)c2ccccc21. The Labute approximate surface area is 173 Å². The fourth-order valence-electron chi connectivity index (χ4n) is 3.37. The molecule has 0 spiro atoms. The summed E-state index contributed by atoms with van der Waals surface area (Å²) in [4.78, 5) is 0. The van der Waals surface area contributed by atoms with Gasteiger partial charge in [0.2, 0.25) is 0 Å². The molecule has 0 saturated carbocycles. The van der Waals surface area contributed by atoms with Gasteiger partial charge in [0.1, 0.15) is 5.82 Å². The molecule has 0 bridgehead atoms. The molecule has 6 heteroatoms. The van der Waals surface area contributed by atoms with E-state index in [4.69, 9.17) is 12.2 Å². The number of hydrogen-bond donors (Lipinski definition) is 2. The van der Waals surface area contributed by atoms with Crippen molar-refractivity contribution in [2.24, 2.45) is 12.1 Å². The van der Waals surface area contributed by atoms with Crippen molar-refractivity contribution in [3.63, 3.8) is 0 Å². The Hall–Kier alpha value is -3.51. The molecule has 29 heavy (non-hydrogen) atoms. The summed E-state index contributed by atoms with van der Waals surface area (Å²) in [6, 6.07) is 24.7. The van der Waals surface area contributed by atoms with E-state index in [1.54, 1.807) is 24.4 Å². The number of aromatic nitrogens is 1. The fourth-order valence-corrected chi connectivity index (χ4v) is 3.53. The lowest BCUT2D eigenvalue weighted by Crippen LogP contribution is -2.24. The molecule has 144 valence electrons. The first-order chi connectivity index (χ1) is 14.1. The third kappa shape index (κ3) is 3.88. The number of anilines is 1. The van der Waals surface area contributed by atoms with E-state index in [2.05, 4.69) is 44.7 Å². The number of halogens is 1. The number of nitrogens with zero attached hydrogens (tertiary/aromatic N) is 2. The Morgan fingerprint density at radius 3 is 2.45 bits per heavy atom. The van der Waals surface area contributed by atoms with Crippen molar-refractivity contribution in [2.75, 3.05) is 5.32 Å². The van der Waals surface area contributed by atoms with E-state index in [0.29, 0.717) is 5.69 Å². The van der Waals surface area contributed by atoms with Crippen molar-refractivity contribution in [3.05, 3.63) is 90.2 Å². The molecule has 0 radical (unpaired) electrons. The second kappa shape index (κ2) is 8.24. The number of fused-ring (bicyclic) bond motifs is 1. The first-order valence-electron chi connectivity index (χ1n) is 9.12. The van der Waals surface area contributed by atoms with Gasteiger partial charge in [-0.25, -0.2) is 4.39 Å². The Kier molecular flexibility index (Phi) is 5.35. The molecule has 0 unspecified atom stereocenters. The summed E-state index contributed by atoms with van der Waals surface area (Å²) in [5.74, 6) is -0.374. The lowest BCUT2D eigenvalue weighted by molar-refractivity contribution is 0.632. The van der Waals surface area contributed by atoms with Gasteiger partial charge in [0.15, 0.2) is 5.11 Å². The van der Waals surface area contributed by atoms with E-state index in [9.17, 15) is 4.39 Å². The minimum atomic E-state index is -0.374. The van der Waals surface area contributed by atoms with Crippen molar-refractivity contribution in [2.45, 2.75) is 0 Å². The smallest absolute Gasteiger partial charge is 0.191 e. The highest BCUT2D eigenvalue weighted by Crippen LogP contribution is 2.31. The minimum absolute atomic E-state index is 0.216. The summed E-state index contributed by atoms with van der Waals surface area (Å²) in [7, 11) is 2.04. The number of hydrazone groups is 1. The minimum Gasteiger partial charge on any atom is -0.343 e. The van der Waals surface area contributed by atoms with Crippen LogP contribution in [0.15, 0.2) is 84.0 Å². The largest absolute Gasteiger partial charge is 0.343 e. The van der Waals surface area contributed by atoms with E-state index >= 15 is 0 Å². The van der Waals surface area contributed by atoms with Crippen molar-refractivity contribution < 1.29 is 4.39 Å². The molecule has 0 aliphatic heterocycles. The Morgan fingerprint density at radius 1 is 0.966 bits per heavy atom. The molecule has 3 aromatic carbocycles. The van der Waals surface area contributed by atoms with Gasteiger partial charge in [-0.05, 0) is 36.0 Å². The maximum absolute atomic E-state index is 13.8. The molecule has 4 aromatic rings. The zero-order valence-corrected chi connectivity index (χ0v) is 16.6. The first-order valence-corrected chi connectivity index (χ1v) is 9.53. The number of nitrogens with one attached hydrogen (secondary N) is 2. The average molecular weight is 402 g/mol. The van der Waals surface area contributed by atoms with E-state index in [-0.39, 0.29) is 10.9 Å². The lowest BCUT2D eigenvalue weighted by atomic mass is 10.1. The van der Waals surface area contributed by atoms with Crippen molar-refractivity contribution >= 4 is 40.1 Å². The highest BCUT2D eigenvalue weighted by Gasteiger charge is 2.14. The van der Waals surface area contributed by atoms with Crippen LogP contribution in [0.25, 0.3) is 22.2 Å². The molecule has 0 aliphatic carbocycles. The second-order valence-electron chi connectivity index (χ2n) is 6.51. The maximum atomic E-state index is 13.8. The zero-order valence-electron chi connectivity index (χ0n) is 15.8. The topological polar surface area (TPSA) is 41.4 Å². The van der Waals surface area contributed by atoms with Gasteiger partial charge >= 0.3 is 0 Å². The first kappa shape index (κ1) is 18.8. The Balaban J connectivity index is 1.64. The third-order valence-electron chi connectivity index (χ3n) is 4.68. The average Bonchev–Trinajstić information content (AvgIpc) is 3.02. The van der Waals surface area contributed by atoms with Crippen LogP contribution in [0.3, 0.4) is 0 Å². The zero-order chi connectivity index (χ0) is 20.2. The van der Waals surface area contributed by atoms with Crippen LogP contribution in [0.1, 0.15) is 5.56 Å². The van der Waals surface area contributed by atoms with Gasteiger partial charge < -0.3 is 9.88 Å². The number of para-hydroxylation sites is 2. The summed E-state index contributed by atoms with van der Waals surface area (Å²) in [6.07, 6.45) is 1.75. The van der Waals surface area contributed by atoms with Crippen LogP contribution in [0.2, 0.25) is 0 Å². The molecule has 0 saturated heterocycles. The summed E-state index contributed by atoms with van der Waals surface area (Å²) < 4.78 is 15.9. The van der Waals surface area contributed by atoms with Gasteiger partial charge in [-0.1, -0.05) is 60.7 Å². The van der Waals surface area contributed by atoms with Crippen LogP contribution >= 0.6 is 12.2 Å². The predicted octanol–water partition coefficient (Wildman–Crippen LogP) is 5.30. The van der Waals surface area contributed by atoms with Crippen LogP contribution in [0.4, 0.5) is 10.1 Å². The van der Waals surface area contributed by atoms with Crippen LogP contribution in [-0.2, 0) is 7.05 Å². The quantitative estimate of drug-likeness (QED) is 0.276. The van der Waals surface area contributed by atoms with Crippen molar-refractivity contribution in [3.8, 4) is 11.3 Å². The van der Waals surface area contributed by atoms with Gasteiger partial charge in [-0.3, -0.25) is 5.43 Å². The molecule has 1 aromatic heterocycles. The summed E-state index contributed by atoms with van der Waals surface area (Å²) in [5, 5.41) is 8.42. The molecule has 0 atom stereocenters. The Morgan fingerprint density at radius 2 is 1.66 bits per heavy atom. The van der Waals surface area contributed by atoms with Crippen LogP contribution < -0.4 is 10.7 Å². The van der Waals surface area contributed by atoms with Gasteiger partial charge in [0.25, 0.3) is 0 Å². The standard InChI is InChI=1S/C23H19FN4S/c1-28-21-14-8-5-11-17(21)18(22(28)16-9-3-2-4-10-16)15-25-27-23(29)26-20-13-7-6-12-19(20)24/h2-15H,1H3,(H2,26,27,29)/b25-15-. The van der Waals surface area contributed by atoms with Crippen LogP contribution in [0, 0.1) is 5.82 Å². The van der Waals surface area contributed by atoms with E-state index in [1.807, 2.05) is 37.4 Å². The van der Waals surface area contributed by atoms with Crippen LogP contribution in [-0.4, -0.2) is 15.9 Å². The van der Waals surface area contributed by atoms with E-state index in [1.165, 1.54) is 6.07 Å². The summed E-state index contributed by atoms with van der Waals surface area (Å²) >= 11 is 5.23. The van der Waals surface area contributed by atoms with Gasteiger partial charge in [-0.15, -0.1) is 0 Å². The molecule has 4 rings (SSSR count). The van der Waals surface area contributed by atoms with E-state index in [0.717, 1.165) is 27.7 Å². The lowest BCUT2D eigenvalue weighted by Gasteiger charge is -2.08. The molecule has 4 nitrogen and oxygen atoms in total. The number of benzene rings is 3. The molecular formula is C23H19FN4S. The molecular weight excluding hydrogens is 383 g/mol. The fraction of sp³-hybridized carbons (Fsp3) is 0.0435. The number of hydrogen-bond acceptors (Lipinski definition) is 2. The van der Waals surface area contributed by atoms with Crippen molar-refractivity contribution in [1.29, 1.82) is 0 Å². The predicted molar refractivity (Wildman–Crippen MR) is 122 cm³/mol.